The van der Waals surface area contributed by atoms with Gasteiger partial charge in [0.15, 0.2) is 5.96 Å². The standard InChI is InChI=1S/C14H22F3N5O2S2/c1-10-19-8-12(25-10)9-21-13(18-2)20-7-11-3-5-22(6-4-11)26(23,24)14(15,16)17/h8,11H,3-7,9H2,1-2H3,(H2,18,20,21). The minimum absolute atomic E-state index is 0.0823. The van der Waals surface area contributed by atoms with Gasteiger partial charge < -0.3 is 10.6 Å². The highest BCUT2D eigenvalue weighted by atomic mass is 32.2. The normalized spacial score (nSPS) is 18.1. The second-order valence-electron chi connectivity index (χ2n) is 5.95. The molecule has 2 rings (SSSR count). The summed E-state index contributed by atoms with van der Waals surface area (Å²) < 4.78 is 61.0. The Balaban J connectivity index is 1.76. The Morgan fingerprint density at radius 3 is 2.54 bits per heavy atom. The molecule has 2 N–H and O–H groups in total. The van der Waals surface area contributed by atoms with Gasteiger partial charge in [-0.05, 0) is 25.7 Å². The van der Waals surface area contributed by atoms with Gasteiger partial charge in [-0.25, -0.2) is 13.4 Å². The summed E-state index contributed by atoms with van der Waals surface area (Å²) in [5.74, 6) is 0.667. The monoisotopic (exact) mass is 413 g/mol. The molecule has 0 saturated carbocycles. The van der Waals surface area contributed by atoms with Crippen molar-refractivity contribution in [3.8, 4) is 0 Å². The van der Waals surface area contributed by atoms with Gasteiger partial charge in [0, 0.05) is 37.8 Å². The lowest BCUT2D eigenvalue weighted by Crippen LogP contribution is -2.47. The third-order valence-electron chi connectivity index (χ3n) is 4.09. The highest BCUT2D eigenvalue weighted by molar-refractivity contribution is 7.90. The van der Waals surface area contributed by atoms with Gasteiger partial charge in [0.1, 0.15) is 0 Å². The van der Waals surface area contributed by atoms with Crippen LogP contribution in [-0.4, -0.2) is 55.9 Å². The summed E-state index contributed by atoms with van der Waals surface area (Å²) in [6.45, 7) is 2.77. The molecule has 148 valence electrons. The number of aryl methyl sites for hydroxylation is 1. The number of rotatable bonds is 5. The fraction of sp³-hybridized carbons (Fsp3) is 0.714. The number of sulfonamides is 1. The van der Waals surface area contributed by atoms with E-state index < -0.39 is 15.5 Å². The van der Waals surface area contributed by atoms with Crippen LogP contribution in [0.25, 0.3) is 0 Å². The van der Waals surface area contributed by atoms with Gasteiger partial charge in [0.25, 0.3) is 0 Å². The Kier molecular flexibility index (Phi) is 6.86. The summed E-state index contributed by atoms with van der Waals surface area (Å²) in [5.41, 5.74) is -5.24. The number of aliphatic imine (C=N–C) groups is 1. The van der Waals surface area contributed by atoms with Crippen LogP contribution in [0.15, 0.2) is 11.2 Å². The first-order valence-electron chi connectivity index (χ1n) is 8.05. The SMILES string of the molecule is CN=C(NCc1cnc(C)s1)NCC1CCN(S(=O)(=O)C(F)(F)F)CC1. The van der Waals surface area contributed by atoms with E-state index in [1.54, 1.807) is 24.6 Å². The molecule has 0 spiro atoms. The molecule has 0 atom stereocenters. The fourth-order valence-electron chi connectivity index (χ4n) is 2.62. The van der Waals surface area contributed by atoms with Crippen molar-refractivity contribution in [1.29, 1.82) is 0 Å². The van der Waals surface area contributed by atoms with Gasteiger partial charge >= 0.3 is 15.5 Å². The van der Waals surface area contributed by atoms with Crippen LogP contribution >= 0.6 is 11.3 Å². The van der Waals surface area contributed by atoms with Gasteiger partial charge in [-0.2, -0.15) is 17.5 Å². The maximum atomic E-state index is 12.6. The Hall–Kier alpha value is -1.40. The van der Waals surface area contributed by atoms with Crippen molar-refractivity contribution in [3.05, 3.63) is 16.1 Å². The first kappa shape index (κ1) is 20.9. The number of hydrogen-bond donors (Lipinski definition) is 2. The number of nitrogens with zero attached hydrogens (tertiary/aromatic N) is 3. The van der Waals surface area contributed by atoms with E-state index in [9.17, 15) is 21.6 Å². The van der Waals surface area contributed by atoms with Crippen molar-refractivity contribution in [2.45, 2.75) is 31.8 Å². The summed E-state index contributed by atoms with van der Waals surface area (Å²) in [7, 11) is -3.59. The molecule has 1 saturated heterocycles. The molecule has 0 aromatic carbocycles. The zero-order chi connectivity index (χ0) is 19.4. The van der Waals surface area contributed by atoms with Crippen molar-refractivity contribution in [2.24, 2.45) is 10.9 Å². The number of aromatic nitrogens is 1. The Morgan fingerprint density at radius 2 is 2.04 bits per heavy atom. The molecule has 2 heterocycles. The van der Waals surface area contributed by atoms with Gasteiger partial charge in [0.2, 0.25) is 0 Å². The number of hydrogen-bond acceptors (Lipinski definition) is 5. The van der Waals surface area contributed by atoms with E-state index in [-0.39, 0.29) is 19.0 Å². The first-order chi connectivity index (χ1) is 12.1. The predicted molar refractivity (Wildman–Crippen MR) is 94.3 cm³/mol. The lowest BCUT2D eigenvalue weighted by Gasteiger charge is -2.31. The lowest BCUT2D eigenvalue weighted by molar-refractivity contribution is -0.0496. The molecule has 7 nitrogen and oxygen atoms in total. The first-order valence-corrected chi connectivity index (χ1v) is 10.3. The molecule has 12 heteroatoms. The number of piperidine rings is 1. The number of thiazole rings is 1. The molecule has 0 bridgehead atoms. The van der Waals surface area contributed by atoms with E-state index in [1.165, 1.54) is 0 Å². The maximum absolute atomic E-state index is 12.6. The van der Waals surface area contributed by atoms with E-state index in [2.05, 4.69) is 20.6 Å². The summed E-state index contributed by atoms with van der Waals surface area (Å²) >= 11 is 1.58. The van der Waals surface area contributed by atoms with Gasteiger partial charge in [-0.15, -0.1) is 11.3 Å². The number of guanidine groups is 1. The smallest absolute Gasteiger partial charge is 0.356 e. The third-order valence-corrected chi connectivity index (χ3v) is 6.63. The number of halogens is 3. The molecule has 1 aliphatic heterocycles. The average molecular weight is 413 g/mol. The highest BCUT2D eigenvalue weighted by Crippen LogP contribution is 2.30. The topological polar surface area (TPSA) is 86.7 Å². The molecule has 0 radical (unpaired) electrons. The molecular formula is C14H22F3N5O2S2. The second-order valence-corrected chi connectivity index (χ2v) is 9.19. The largest absolute Gasteiger partial charge is 0.511 e. The molecule has 1 aromatic heterocycles. The molecule has 1 aliphatic rings. The van der Waals surface area contributed by atoms with E-state index >= 15 is 0 Å². The van der Waals surface area contributed by atoms with Crippen LogP contribution < -0.4 is 10.6 Å². The Bertz CT molecular complexity index is 725. The van der Waals surface area contributed by atoms with Crippen LogP contribution in [0.2, 0.25) is 0 Å². The quantitative estimate of drug-likeness (QED) is 0.567. The number of alkyl halides is 3. The summed E-state index contributed by atoms with van der Waals surface area (Å²) in [6.07, 6.45) is 2.53. The Morgan fingerprint density at radius 1 is 1.38 bits per heavy atom. The third kappa shape index (κ3) is 5.30. The van der Waals surface area contributed by atoms with Gasteiger partial charge in [0.05, 0.1) is 11.6 Å². The van der Waals surface area contributed by atoms with Crippen molar-refractivity contribution in [3.63, 3.8) is 0 Å². The van der Waals surface area contributed by atoms with Crippen LogP contribution in [0, 0.1) is 12.8 Å². The highest BCUT2D eigenvalue weighted by Gasteiger charge is 2.50. The van der Waals surface area contributed by atoms with Crippen LogP contribution in [0.3, 0.4) is 0 Å². The van der Waals surface area contributed by atoms with Crippen molar-refractivity contribution < 1.29 is 21.6 Å². The van der Waals surface area contributed by atoms with E-state index in [1.807, 2.05) is 6.92 Å². The van der Waals surface area contributed by atoms with E-state index in [0.717, 1.165) is 9.88 Å². The lowest BCUT2D eigenvalue weighted by atomic mass is 9.98. The van der Waals surface area contributed by atoms with Gasteiger partial charge in [-0.1, -0.05) is 0 Å². The average Bonchev–Trinajstić information content (AvgIpc) is 3.00. The molecule has 0 amide bonds. The van der Waals surface area contributed by atoms with Crippen molar-refractivity contribution in [2.75, 3.05) is 26.7 Å². The van der Waals surface area contributed by atoms with E-state index in [4.69, 9.17) is 0 Å². The maximum Gasteiger partial charge on any atom is 0.511 e. The zero-order valence-electron chi connectivity index (χ0n) is 14.5. The van der Waals surface area contributed by atoms with E-state index in [0.29, 0.717) is 36.2 Å². The molecule has 26 heavy (non-hydrogen) atoms. The van der Waals surface area contributed by atoms with Crippen LogP contribution in [0.4, 0.5) is 13.2 Å². The minimum Gasteiger partial charge on any atom is -0.356 e. The second kappa shape index (κ2) is 8.53. The van der Waals surface area contributed by atoms with Crippen LogP contribution in [-0.2, 0) is 16.6 Å². The van der Waals surface area contributed by atoms with Crippen molar-refractivity contribution >= 4 is 27.3 Å². The van der Waals surface area contributed by atoms with Crippen molar-refractivity contribution in [1.82, 2.24) is 19.9 Å². The molecule has 0 aliphatic carbocycles. The summed E-state index contributed by atoms with van der Waals surface area (Å²) in [6, 6.07) is 0. The van der Waals surface area contributed by atoms with Crippen LogP contribution in [0.1, 0.15) is 22.7 Å². The zero-order valence-corrected chi connectivity index (χ0v) is 16.1. The molecule has 1 fully saturated rings. The molecule has 1 aromatic rings. The Labute approximate surface area is 154 Å². The van der Waals surface area contributed by atoms with Crippen LogP contribution in [0.5, 0.6) is 0 Å². The van der Waals surface area contributed by atoms with Gasteiger partial charge in [-0.3, -0.25) is 4.99 Å². The molecular weight excluding hydrogens is 391 g/mol. The molecule has 0 unspecified atom stereocenters. The minimum atomic E-state index is -5.24. The predicted octanol–water partition coefficient (Wildman–Crippen LogP) is 1.68. The summed E-state index contributed by atoms with van der Waals surface area (Å²) in [5, 5.41) is 7.26. The fourth-order valence-corrected chi connectivity index (χ4v) is 4.34. The summed E-state index contributed by atoms with van der Waals surface area (Å²) in [4.78, 5) is 9.34. The number of nitrogens with one attached hydrogen (secondary N) is 2.